The van der Waals surface area contributed by atoms with Gasteiger partial charge in [0.2, 0.25) is 0 Å². The molecule has 4 aromatic rings. The first kappa shape index (κ1) is 35.0. The maximum Gasteiger partial charge on any atom is 0.573 e. The van der Waals surface area contributed by atoms with Gasteiger partial charge in [-0.1, -0.05) is 24.3 Å². The van der Waals surface area contributed by atoms with Gasteiger partial charge in [0.1, 0.15) is 17.0 Å². The van der Waals surface area contributed by atoms with E-state index in [9.17, 15) is 30.7 Å². The molecule has 4 aliphatic rings. The maximum absolute atomic E-state index is 17.0. The molecule has 278 valence electrons. The summed E-state index contributed by atoms with van der Waals surface area (Å²) in [5.74, 6) is -2.84. The van der Waals surface area contributed by atoms with Crippen LogP contribution in [0.5, 0.6) is 11.8 Å². The zero-order valence-corrected chi connectivity index (χ0v) is 27.7. The highest BCUT2D eigenvalue weighted by atomic mass is 19.4. The third-order valence-corrected chi connectivity index (χ3v) is 10.4. The molecule has 0 spiro atoms. The number of alkyl halides is 6. The van der Waals surface area contributed by atoms with E-state index < -0.39 is 36.2 Å². The zero-order valence-electron chi connectivity index (χ0n) is 27.7. The molecule has 1 saturated carbocycles. The lowest BCUT2D eigenvalue weighted by Gasteiger charge is -2.36. The SMILES string of the molecule is Fc1ccc2cccc(-c3nc4c5c(nc(OCC6(CN7CCC(OC(F)(F)F)CC7)CC6)nc5c3F)N3CCNCC3CC4)c2c1OC(F)(F)F. The molecule has 5 heterocycles. The Bertz CT molecular complexity index is 2000. The van der Waals surface area contributed by atoms with Crippen LogP contribution in [0.1, 0.15) is 37.8 Å². The van der Waals surface area contributed by atoms with Crippen molar-refractivity contribution in [1.29, 1.82) is 0 Å². The van der Waals surface area contributed by atoms with E-state index in [-0.39, 0.29) is 64.5 Å². The molecule has 0 radical (unpaired) electrons. The van der Waals surface area contributed by atoms with E-state index in [1.54, 1.807) is 0 Å². The van der Waals surface area contributed by atoms with E-state index in [4.69, 9.17) is 9.72 Å². The molecule has 3 aliphatic heterocycles. The van der Waals surface area contributed by atoms with Crippen LogP contribution < -0.4 is 19.7 Å². The predicted molar refractivity (Wildman–Crippen MR) is 173 cm³/mol. The molecule has 1 unspecified atom stereocenters. The Kier molecular flexibility index (Phi) is 8.80. The van der Waals surface area contributed by atoms with Crippen LogP contribution in [0.3, 0.4) is 0 Å². The van der Waals surface area contributed by atoms with E-state index in [0.29, 0.717) is 69.0 Å². The van der Waals surface area contributed by atoms with Crippen LogP contribution in [-0.4, -0.2) is 90.6 Å². The molecule has 1 atom stereocenters. The molecule has 0 bridgehead atoms. The summed E-state index contributed by atoms with van der Waals surface area (Å²) in [5, 5.41) is 3.64. The standard InChI is InChI=1S/C35H34F8N6O3/c36-23-6-4-19-2-1-3-22(25(19)30(23)52-35(41,42)43)28-27(37)29-26-24(45-28)7-5-20-16-44-12-15-49(20)31(26)47-32(46-29)50-18-33(10-11-33)17-48-13-8-21(9-14-48)51-34(38,39)40/h1-4,6,20-21,44H,5,7-18H2. The molecule has 2 aromatic heterocycles. The van der Waals surface area contributed by atoms with Crippen molar-refractivity contribution in [3.05, 3.63) is 47.7 Å². The average Bonchev–Trinajstić information content (AvgIpc) is 3.89. The summed E-state index contributed by atoms with van der Waals surface area (Å²) < 4.78 is 125. The van der Waals surface area contributed by atoms with E-state index in [1.807, 2.05) is 0 Å². The Labute approximate surface area is 292 Å². The number of ether oxygens (including phenoxy) is 3. The van der Waals surface area contributed by atoms with Crippen LogP contribution in [-0.2, 0) is 11.2 Å². The molecule has 2 saturated heterocycles. The predicted octanol–water partition coefficient (Wildman–Crippen LogP) is 6.91. The maximum atomic E-state index is 17.0. The lowest BCUT2D eigenvalue weighted by atomic mass is 9.98. The van der Waals surface area contributed by atoms with E-state index in [0.717, 1.165) is 18.9 Å². The zero-order chi connectivity index (χ0) is 36.4. The second-order valence-electron chi connectivity index (χ2n) is 14.0. The van der Waals surface area contributed by atoms with Crippen LogP contribution in [0.4, 0.5) is 40.9 Å². The Morgan fingerprint density at radius 3 is 2.40 bits per heavy atom. The summed E-state index contributed by atoms with van der Waals surface area (Å²) in [4.78, 5) is 18.2. The number of nitrogens with zero attached hydrogens (tertiary/aromatic N) is 5. The topological polar surface area (TPSA) is 84.9 Å². The Balaban J connectivity index is 1.16. The van der Waals surface area contributed by atoms with Crippen molar-refractivity contribution in [1.82, 2.24) is 25.2 Å². The van der Waals surface area contributed by atoms with Crippen molar-refractivity contribution >= 4 is 27.5 Å². The lowest BCUT2D eigenvalue weighted by Crippen LogP contribution is -2.51. The third-order valence-electron chi connectivity index (χ3n) is 10.4. The summed E-state index contributed by atoms with van der Waals surface area (Å²) >= 11 is 0. The first-order valence-corrected chi connectivity index (χ1v) is 17.2. The normalized spacial score (nSPS) is 20.9. The number of aryl methyl sites for hydroxylation is 1. The minimum Gasteiger partial charge on any atom is -0.463 e. The monoisotopic (exact) mass is 738 g/mol. The highest BCUT2D eigenvalue weighted by molar-refractivity contribution is 6.03. The molecule has 1 aliphatic carbocycles. The number of fused-ring (bicyclic) bond motifs is 3. The lowest BCUT2D eigenvalue weighted by molar-refractivity contribution is -0.345. The van der Waals surface area contributed by atoms with Gasteiger partial charge in [0.25, 0.3) is 0 Å². The summed E-state index contributed by atoms with van der Waals surface area (Å²) in [7, 11) is 0. The smallest absolute Gasteiger partial charge is 0.463 e. The van der Waals surface area contributed by atoms with Gasteiger partial charge in [0.05, 0.1) is 23.8 Å². The molecule has 9 nitrogen and oxygen atoms in total. The van der Waals surface area contributed by atoms with Gasteiger partial charge >= 0.3 is 18.7 Å². The number of nitrogens with one attached hydrogen (secondary N) is 1. The Morgan fingerprint density at radius 2 is 1.67 bits per heavy atom. The number of rotatable bonds is 8. The number of hydrogen-bond acceptors (Lipinski definition) is 9. The number of pyridine rings is 1. The number of benzene rings is 2. The first-order chi connectivity index (χ1) is 24.8. The summed E-state index contributed by atoms with van der Waals surface area (Å²) in [6, 6.07) is 6.40. The number of anilines is 1. The molecule has 2 aromatic carbocycles. The van der Waals surface area contributed by atoms with Crippen molar-refractivity contribution in [2.45, 2.75) is 63.4 Å². The van der Waals surface area contributed by atoms with E-state index >= 15 is 4.39 Å². The number of piperazine rings is 1. The van der Waals surface area contributed by atoms with Gasteiger partial charge < -0.3 is 24.6 Å². The van der Waals surface area contributed by atoms with Gasteiger partial charge in [-0.25, -0.2) is 13.8 Å². The van der Waals surface area contributed by atoms with Crippen LogP contribution >= 0.6 is 0 Å². The molecule has 3 fully saturated rings. The fourth-order valence-electron chi connectivity index (χ4n) is 7.76. The minimum absolute atomic E-state index is 0.0159. The van der Waals surface area contributed by atoms with Crippen molar-refractivity contribution in [3.8, 4) is 23.0 Å². The second-order valence-corrected chi connectivity index (χ2v) is 14.0. The highest BCUT2D eigenvalue weighted by Gasteiger charge is 2.46. The summed E-state index contributed by atoms with van der Waals surface area (Å²) in [6.07, 6.45) is -7.61. The molecule has 0 amide bonds. The largest absolute Gasteiger partial charge is 0.573 e. The molecular formula is C35H34F8N6O3. The molecule has 8 rings (SSSR count). The van der Waals surface area contributed by atoms with Crippen LogP contribution in [0, 0.1) is 17.0 Å². The van der Waals surface area contributed by atoms with Crippen LogP contribution in [0.2, 0.25) is 0 Å². The Morgan fingerprint density at radius 1 is 0.885 bits per heavy atom. The molecule has 1 N–H and O–H groups in total. The number of likely N-dealkylation sites (tertiary alicyclic amines) is 1. The van der Waals surface area contributed by atoms with Gasteiger partial charge in [-0.3, -0.25) is 4.74 Å². The fraction of sp³-hybridized carbons (Fsp3) is 0.514. The van der Waals surface area contributed by atoms with Crippen molar-refractivity contribution in [3.63, 3.8) is 0 Å². The fourth-order valence-corrected chi connectivity index (χ4v) is 7.76. The highest BCUT2D eigenvalue weighted by Crippen LogP contribution is 2.48. The van der Waals surface area contributed by atoms with Crippen LogP contribution in [0.15, 0.2) is 30.3 Å². The van der Waals surface area contributed by atoms with Crippen LogP contribution in [0.25, 0.3) is 32.9 Å². The first-order valence-electron chi connectivity index (χ1n) is 17.2. The molecule has 52 heavy (non-hydrogen) atoms. The van der Waals surface area contributed by atoms with E-state index in [1.165, 1.54) is 24.3 Å². The number of hydrogen-bond donors (Lipinski definition) is 1. The molecule has 17 heteroatoms. The van der Waals surface area contributed by atoms with Gasteiger partial charge in [0.15, 0.2) is 17.4 Å². The summed E-state index contributed by atoms with van der Waals surface area (Å²) in [5.41, 5.74) is -0.361. The minimum atomic E-state index is -5.22. The van der Waals surface area contributed by atoms with Gasteiger partial charge in [-0.05, 0) is 50.0 Å². The summed E-state index contributed by atoms with van der Waals surface area (Å²) in [6.45, 7) is 3.53. The van der Waals surface area contributed by atoms with Crippen molar-refractivity contribution < 1.29 is 49.3 Å². The van der Waals surface area contributed by atoms with Crippen molar-refractivity contribution in [2.75, 3.05) is 50.8 Å². The molecular weight excluding hydrogens is 704 g/mol. The quantitative estimate of drug-likeness (QED) is 0.194. The van der Waals surface area contributed by atoms with Gasteiger partial charge in [0, 0.05) is 61.7 Å². The number of halogens is 8. The van der Waals surface area contributed by atoms with Gasteiger partial charge in [-0.2, -0.15) is 9.97 Å². The number of piperidine rings is 1. The van der Waals surface area contributed by atoms with Crippen molar-refractivity contribution in [2.24, 2.45) is 5.41 Å². The second kappa shape index (κ2) is 13.1. The van der Waals surface area contributed by atoms with Gasteiger partial charge in [-0.15, -0.1) is 26.3 Å². The third kappa shape index (κ3) is 7.01. The average molecular weight is 739 g/mol. The Hall–Kier alpha value is -4.09. The number of aromatic nitrogens is 3. The van der Waals surface area contributed by atoms with E-state index in [2.05, 4.69) is 34.6 Å².